The zero-order chi connectivity index (χ0) is 53.2. The van der Waals surface area contributed by atoms with E-state index in [0.29, 0.717) is 19.3 Å². The minimum atomic E-state index is -1.18. The van der Waals surface area contributed by atoms with Gasteiger partial charge >= 0.3 is 6.09 Å². The number of alkyl carbamates (subject to hydrolysis) is 1. The predicted octanol–water partition coefficient (Wildman–Crippen LogP) is 2.30. The fourth-order valence-corrected chi connectivity index (χ4v) is 9.51. The Kier molecular flexibility index (Phi) is 23.5. The third kappa shape index (κ3) is 16.5. The molecule has 10 atom stereocenters. The van der Waals surface area contributed by atoms with Crippen LogP contribution in [-0.2, 0) is 57.2 Å². The number of aliphatic hydroxyl groups excluding tert-OH is 2. The molecule has 7 unspecified atom stereocenters. The van der Waals surface area contributed by atoms with E-state index in [2.05, 4.69) is 33.9 Å². The molecule has 20 nitrogen and oxygen atoms in total. The van der Waals surface area contributed by atoms with Crippen LogP contribution in [-0.4, -0.2) is 177 Å². The molecule has 2 saturated heterocycles. The lowest BCUT2D eigenvalue weighted by atomic mass is 9.87. The number of carbonyl (C=O) groups is 7. The molecule has 0 bridgehead atoms. The first-order valence-electron chi connectivity index (χ1n) is 25.2. The van der Waals surface area contributed by atoms with Crippen LogP contribution in [0.3, 0.4) is 0 Å². The van der Waals surface area contributed by atoms with Crippen molar-refractivity contribution in [1.82, 2.24) is 26.2 Å². The van der Waals surface area contributed by atoms with Crippen LogP contribution in [0.2, 0.25) is 0 Å². The highest BCUT2D eigenvalue weighted by atomic mass is 32.1. The van der Waals surface area contributed by atoms with Crippen molar-refractivity contribution in [2.75, 3.05) is 72.2 Å². The summed E-state index contributed by atoms with van der Waals surface area (Å²) in [6.07, 6.45) is -3.32. The Balaban J connectivity index is 0.941. The number of hydrogen-bond acceptors (Lipinski definition) is 16. The molecule has 73 heavy (non-hydrogen) atoms. The number of nitrogens with zero attached hydrogens (tertiary/aromatic N) is 1. The smallest absolute Gasteiger partial charge is 0.407 e. The van der Waals surface area contributed by atoms with E-state index < -0.39 is 84.3 Å². The molecule has 0 radical (unpaired) electrons. The summed E-state index contributed by atoms with van der Waals surface area (Å²) in [5.74, 6) is -4.14. The zero-order valence-electron chi connectivity index (χ0n) is 42.7. The third-order valence-corrected chi connectivity index (χ3v) is 14.0. The lowest BCUT2D eigenvalue weighted by molar-refractivity contribution is -0.282. The lowest BCUT2D eigenvalue weighted by Crippen LogP contribution is -2.55. The van der Waals surface area contributed by atoms with Crippen LogP contribution in [0.1, 0.15) is 83.8 Å². The number of ketones is 2. The molecule has 1 aliphatic carbocycles. The minimum absolute atomic E-state index is 0.0188. The van der Waals surface area contributed by atoms with Gasteiger partial charge in [-0.05, 0) is 61.3 Å². The number of amides is 5. The van der Waals surface area contributed by atoms with Gasteiger partial charge in [0.2, 0.25) is 23.6 Å². The highest BCUT2D eigenvalue weighted by Crippen LogP contribution is 2.44. The Labute approximate surface area is 433 Å². The van der Waals surface area contributed by atoms with Gasteiger partial charge in [-0.15, -0.1) is 0 Å². The second-order valence-corrected chi connectivity index (χ2v) is 19.5. The van der Waals surface area contributed by atoms with Gasteiger partial charge in [0.15, 0.2) is 17.9 Å². The van der Waals surface area contributed by atoms with E-state index in [1.165, 1.54) is 18.9 Å². The van der Waals surface area contributed by atoms with Gasteiger partial charge in [-0.2, -0.15) is 12.6 Å². The van der Waals surface area contributed by atoms with Crippen molar-refractivity contribution >= 4 is 53.9 Å². The Morgan fingerprint density at radius 3 is 2.11 bits per heavy atom. The second kappa shape index (κ2) is 29.2. The van der Waals surface area contributed by atoms with E-state index in [0.717, 1.165) is 22.3 Å². The van der Waals surface area contributed by atoms with Crippen molar-refractivity contribution in [2.24, 2.45) is 17.8 Å². The molecule has 3 aliphatic rings. The standard InChI is InChI=1S/C52H75N5O15S/c1-30(2)38(25-43(59)40(29-73)56-52(66)71-26-39-36-15-9-7-13-34(36)35-14-8-10-16-37(35)39)50(65)57-20-11-17-41(57)49(64)55-33(5)48(63)54-32(4)42(58)18-12-21-68-23-24-69-22-19-53-45(60)28-70-27-44-31(3)46(61)47(62)51(67-6)72-44/h7-10,13-16,30-33,38-41,44,46-47,51,61-62,73H,11-12,17-29H2,1-6H3,(H,53,60)(H,54,63)(H,55,64)(H,56,66)/t31-,32?,33?,38?,40?,41?,44?,46+,47?,51-/m1/s1. The molecule has 2 fully saturated rings. The minimum Gasteiger partial charge on any atom is -0.449 e. The number of likely N-dealkylation sites (tertiary alicyclic amines) is 1. The Morgan fingerprint density at radius 2 is 1.47 bits per heavy atom. The number of aliphatic hydroxyl groups is 2. The zero-order valence-corrected chi connectivity index (χ0v) is 43.6. The number of rotatable bonds is 29. The van der Waals surface area contributed by atoms with E-state index in [9.17, 15) is 43.8 Å². The van der Waals surface area contributed by atoms with Crippen molar-refractivity contribution in [3.05, 3.63) is 59.7 Å². The third-order valence-electron chi connectivity index (χ3n) is 13.6. The fraction of sp³-hybridized carbons (Fsp3) is 0.635. The number of Topliss-reactive ketones (excluding diaryl/α,β-unsaturated/α-hetero) is 2. The van der Waals surface area contributed by atoms with Gasteiger partial charge in [0.25, 0.3) is 0 Å². The quantitative estimate of drug-likeness (QED) is 0.0456. The number of fused-ring (bicyclic) bond motifs is 3. The first-order valence-corrected chi connectivity index (χ1v) is 25.8. The van der Waals surface area contributed by atoms with E-state index >= 15 is 0 Å². The van der Waals surface area contributed by atoms with Crippen LogP contribution in [0.25, 0.3) is 11.1 Å². The molecule has 6 N–H and O–H groups in total. The summed E-state index contributed by atoms with van der Waals surface area (Å²) in [6, 6.07) is 12.2. The first kappa shape index (κ1) is 58.9. The topological polar surface area (TPSA) is 267 Å². The molecule has 21 heteroatoms. The molecule has 2 aromatic rings. The number of ether oxygens (including phenoxy) is 6. The van der Waals surface area contributed by atoms with Crippen LogP contribution in [0.5, 0.6) is 0 Å². The van der Waals surface area contributed by atoms with E-state index in [4.69, 9.17) is 28.4 Å². The maximum Gasteiger partial charge on any atom is 0.407 e. The second-order valence-electron chi connectivity index (χ2n) is 19.2. The van der Waals surface area contributed by atoms with Crippen molar-refractivity contribution < 1.29 is 72.2 Å². The van der Waals surface area contributed by atoms with Crippen molar-refractivity contribution in [1.29, 1.82) is 0 Å². The van der Waals surface area contributed by atoms with Gasteiger partial charge in [0.05, 0.1) is 50.7 Å². The van der Waals surface area contributed by atoms with E-state index in [1.807, 2.05) is 62.4 Å². The van der Waals surface area contributed by atoms with Gasteiger partial charge in [-0.25, -0.2) is 4.79 Å². The SMILES string of the molecule is CO[C@@H]1OC(COCC(=O)NCCOCCOCCCC(=O)C(C)NC(=O)C(C)NC(=O)C2CCCN2C(=O)C(CC(=O)C(CS)NC(=O)OCC2c3ccccc3-c3ccccc32)C(C)C)[C@@H](C)[C@H](O)C1O. The monoisotopic (exact) mass is 1040 g/mol. The Hall–Kier alpha value is -5.00. The molecule has 0 aromatic heterocycles. The fourth-order valence-electron chi connectivity index (χ4n) is 9.21. The first-order chi connectivity index (χ1) is 35.0. The number of thiol groups is 1. The van der Waals surface area contributed by atoms with Crippen LogP contribution >= 0.6 is 12.6 Å². The maximum atomic E-state index is 14.1. The molecule has 2 aliphatic heterocycles. The molecule has 5 amide bonds. The van der Waals surface area contributed by atoms with Crippen molar-refractivity contribution in [3.63, 3.8) is 0 Å². The van der Waals surface area contributed by atoms with Crippen LogP contribution < -0.4 is 21.3 Å². The molecular formula is C52H75N5O15S. The summed E-state index contributed by atoms with van der Waals surface area (Å²) in [7, 11) is 1.36. The molecule has 404 valence electrons. The molecule has 2 aromatic carbocycles. The predicted molar refractivity (Wildman–Crippen MR) is 270 cm³/mol. The van der Waals surface area contributed by atoms with E-state index in [-0.39, 0.29) is 107 Å². The molecule has 0 spiro atoms. The maximum absolute atomic E-state index is 14.1. The lowest BCUT2D eigenvalue weighted by Gasteiger charge is -2.40. The summed E-state index contributed by atoms with van der Waals surface area (Å²) in [5, 5.41) is 30.8. The summed E-state index contributed by atoms with van der Waals surface area (Å²) < 4.78 is 32.8. The van der Waals surface area contributed by atoms with Crippen LogP contribution in [0.4, 0.5) is 4.79 Å². The van der Waals surface area contributed by atoms with E-state index in [1.54, 1.807) is 13.8 Å². The number of benzene rings is 2. The van der Waals surface area contributed by atoms with Gasteiger partial charge < -0.3 is 64.8 Å². The largest absolute Gasteiger partial charge is 0.449 e. The number of methoxy groups -OCH3 is 1. The van der Waals surface area contributed by atoms with Crippen molar-refractivity contribution in [2.45, 2.75) is 121 Å². The summed E-state index contributed by atoms with van der Waals surface area (Å²) in [5.41, 5.74) is 4.28. The summed E-state index contributed by atoms with van der Waals surface area (Å²) >= 11 is 4.33. The Bertz CT molecular complexity index is 2140. The molecular weight excluding hydrogens is 967 g/mol. The average Bonchev–Trinajstić information content (AvgIpc) is 4.00. The van der Waals surface area contributed by atoms with Crippen molar-refractivity contribution in [3.8, 4) is 11.1 Å². The normalized spacial score (nSPS) is 22.1. The Morgan fingerprint density at radius 1 is 0.808 bits per heavy atom. The van der Waals surface area contributed by atoms with Gasteiger partial charge in [0.1, 0.15) is 31.4 Å². The van der Waals surface area contributed by atoms with Gasteiger partial charge in [-0.1, -0.05) is 69.3 Å². The summed E-state index contributed by atoms with van der Waals surface area (Å²) in [4.78, 5) is 93.9. The molecule has 5 rings (SSSR count). The number of carbonyl (C=O) groups excluding carboxylic acids is 7. The van der Waals surface area contributed by atoms with Crippen LogP contribution in [0.15, 0.2) is 48.5 Å². The summed E-state index contributed by atoms with van der Waals surface area (Å²) in [6.45, 7) is 9.82. The van der Waals surface area contributed by atoms with Gasteiger partial charge in [-0.3, -0.25) is 28.8 Å². The number of hydrogen-bond donors (Lipinski definition) is 7. The highest BCUT2D eigenvalue weighted by Gasteiger charge is 2.43. The highest BCUT2D eigenvalue weighted by molar-refractivity contribution is 7.80. The average molecular weight is 1040 g/mol. The molecule has 0 saturated carbocycles. The van der Waals surface area contributed by atoms with Crippen LogP contribution in [0, 0.1) is 17.8 Å². The molecule has 2 heterocycles. The van der Waals surface area contributed by atoms with Gasteiger partial charge in [0, 0.05) is 63.2 Å². The number of nitrogens with one attached hydrogen (secondary N) is 4.